The van der Waals surface area contributed by atoms with Crippen LogP contribution in [0.5, 0.6) is 0 Å². The van der Waals surface area contributed by atoms with Crippen LogP contribution < -0.4 is 0 Å². The normalized spacial score (nSPS) is 13.1. The molecule has 14 aromatic rings. The van der Waals surface area contributed by atoms with Crippen LogP contribution in [0.1, 0.15) is 56.2 Å². The van der Waals surface area contributed by atoms with Crippen LogP contribution in [0.25, 0.3) is 152 Å². The summed E-state index contributed by atoms with van der Waals surface area (Å²) in [5.41, 5.74) is 12.7. The highest BCUT2D eigenvalue weighted by molar-refractivity contribution is 6.52. The smallest absolute Gasteiger partial charge is 0.000695 e. The molecule has 0 bridgehead atoms. The highest BCUT2D eigenvalue weighted by atomic mass is 14.4. The molecule has 0 atom stereocenters. The lowest BCUT2D eigenvalue weighted by Gasteiger charge is -2.23. The Kier molecular flexibility index (Phi) is 6.32. The average molecular weight is 799 g/mol. The molecule has 0 unspecified atom stereocenters. The van der Waals surface area contributed by atoms with Crippen molar-refractivity contribution < 1.29 is 0 Å². The molecule has 0 radical (unpaired) electrons. The highest BCUT2D eigenvalue weighted by Crippen LogP contribution is 2.60. The fourth-order valence-electron chi connectivity index (χ4n) is 13.4. The maximum Gasteiger partial charge on any atom is -0.000695 e. The van der Waals surface area contributed by atoms with Crippen molar-refractivity contribution in [2.75, 3.05) is 0 Å². The molecule has 0 nitrogen and oxygen atoms in total. The van der Waals surface area contributed by atoms with Crippen molar-refractivity contribution >= 4 is 118 Å². The van der Waals surface area contributed by atoms with Gasteiger partial charge in [-0.1, -0.05) is 173 Å². The van der Waals surface area contributed by atoms with Gasteiger partial charge in [0.25, 0.3) is 0 Å². The molecule has 63 heavy (non-hydrogen) atoms. The van der Waals surface area contributed by atoms with Gasteiger partial charge in [0.15, 0.2) is 0 Å². The van der Waals surface area contributed by atoms with E-state index >= 15 is 0 Å². The molecule has 0 fully saturated rings. The fraction of sp³-hybridized carbons (Fsp3) is 0.111. The first-order valence-electron chi connectivity index (χ1n) is 22.9. The summed E-state index contributed by atoms with van der Waals surface area (Å²) in [6.45, 7) is 11.8. The summed E-state index contributed by atoms with van der Waals surface area (Å²) in [6, 6.07) is 58.8. The van der Waals surface area contributed by atoms with Crippen LogP contribution in [0.15, 0.2) is 152 Å². The van der Waals surface area contributed by atoms with Gasteiger partial charge in [0.05, 0.1) is 0 Å². The average Bonchev–Trinajstić information content (AvgIpc) is 3.94. The van der Waals surface area contributed by atoms with E-state index in [1.807, 2.05) is 0 Å². The van der Waals surface area contributed by atoms with E-state index in [1.165, 1.54) is 169 Å². The van der Waals surface area contributed by atoms with Crippen molar-refractivity contribution in [2.45, 2.75) is 46.5 Å². The summed E-state index contributed by atoms with van der Waals surface area (Å²) in [5, 5.41) is 30.2. The van der Waals surface area contributed by atoms with Gasteiger partial charge in [-0.15, -0.1) is 0 Å². The van der Waals surface area contributed by atoms with Crippen LogP contribution in [0.2, 0.25) is 0 Å². The SMILES string of the molecule is Cc1ccccc1-c1c2cc3ccccc3c3c4ccccc4c(c4c5ccc6c7ccc8c9c(ccc(c%10ccc(c14)c5c%106)c97)-c1c-8c(C(C)C)c4ccccc4c1C(C)C)c23. The van der Waals surface area contributed by atoms with Gasteiger partial charge >= 0.3 is 0 Å². The third-order valence-corrected chi connectivity index (χ3v) is 15.6. The minimum Gasteiger partial charge on any atom is -0.0620 e. The molecule has 1 aliphatic rings. The minimum absolute atomic E-state index is 0.388. The van der Waals surface area contributed by atoms with E-state index in [-0.39, 0.29) is 0 Å². The van der Waals surface area contributed by atoms with Crippen LogP contribution >= 0.6 is 0 Å². The zero-order chi connectivity index (χ0) is 41.7. The van der Waals surface area contributed by atoms with Crippen LogP contribution in [0.4, 0.5) is 0 Å². The number of fused-ring (bicyclic) bond motifs is 15. The fourth-order valence-corrected chi connectivity index (χ4v) is 13.4. The Labute approximate surface area is 365 Å². The Balaban J connectivity index is 1.15. The molecular formula is C63H42. The van der Waals surface area contributed by atoms with Gasteiger partial charge in [-0.25, -0.2) is 0 Å². The van der Waals surface area contributed by atoms with E-state index in [0.717, 1.165) is 0 Å². The lowest BCUT2D eigenvalue weighted by Crippen LogP contribution is -2.01. The topological polar surface area (TPSA) is 0 Å². The van der Waals surface area contributed by atoms with Gasteiger partial charge in [0, 0.05) is 0 Å². The summed E-state index contributed by atoms with van der Waals surface area (Å²) in [5.74, 6) is 0.777. The van der Waals surface area contributed by atoms with Crippen LogP contribution in [-0.2, 0) is 0 Å². The molecular weight excluding hydrogens is 757 g/mol. The first-order chi connectivity index (χ1) is 30.9. The molecule has 14 aromatic carbocycles. The third-order valence-electron chi connectivity index (χ3n) is 15.6. The molecule has 0 saturated heterocycles. The quantitative estimate of drug-likeness (QED) is 0.123. The second-order valence-electron chi connectivity index (χ2n) is 19.3. The van der Waals surface area contributed by atoms with Gasteiger partial charge in [0.2, 0.25) is 0 Å². The molecule has 0 heteroatoms. The molecule has 0 amide bonds. The zero-order valence-electron chi connectivity index (χ0n) is 36.1. The number of aryl methyl sites for hydroxylation is 1. The molecule has 294 valence electrons. The summed E-state index contributed by atoms with van der Waals surface area (Å²) in [7, 11) is 0. The first-order valence-corrected chi connectivity index (χ1v) is 22.9. The van der Waals surface area contributed by atoms with Crippen molar-refractivity contribution in [3.8, 4) is 33.4 Å². The monoisotopic (exact) mass is 798 g/mol. The van der Waals surface area contributed by atoms with E-state index in [2.05, 4.69) is 186 Å². The molecule has 0 saturated carbocycles. The number of hydrogen-bond donors (Lipinski definition) is 0. The third kappa shape index (κ3) is 3.93. The molecule has 0 aromatic heterocycles. The summed E-state index contributed by atoms with van der Waals surface area (Å²) in [6.07, 6.45) is 0. The first kappa shape index (κ1) is 34.3. The van der Waals surface area contributed by atoms with Gasteiger partial charge in [-0.2, -0.15) is 0 Å². The molecule has 0 spiro atoms. The van der Waals surface area contributed by atoms with Gasteiger partial charge in [-0.3, -0.25) is 0 Å². The van der Waals surface area contributed by atoms with E-state index < -0.39 is 0 Å². The predicted molar refractivity (Wildman–Crippen MR) is 275 cm³/mol. The Hall–Kier alpha value is -7.28. The Morgan fingerprint density at radius 3 is 1.27 bits per heavy atom. The molecule has 0 heterocycles. The van der Waals surface area contributed by atoms with E-state index in [9.17, 15) is 0 Å². The second kappa shape index (κ2) is 11.6. The zero-order valence-corrected chi connectivity index (χ0v) is 36.1. The van der Waals surface area contributed by atoms with Crippen molar-refractivity contribution in [3.05, 3.63) is 168 Å². The van der Waals surface area contributed by atoms with E-state index in [4.69, 9.17) is 0 Å². The minimum atomic E-state index is 0.388. The van der Waals surface area contributed by atoms with Gasteiger partial charge in [-0.05, 0) is 193 Å². The molecule has 15 rings (SSSR count). The second-order valence-corrected chi connectivity index (χ2v) is 19.3. The van der Waals surface area contributed by atoms with Crippen molar-refractivity contribution in [2.24, 2.45) is 0 Å². The highest BCUT2D eigenvalue weighted by Gasteiger charge is 2.33. The van der Waals surface area contributed by atoms with E-state index in [1.54, 1.807) is 0 Å². The Morgan fingerprint density at radius 2 is 0.667 bits per heavy atom. The Morgan fingerprint density at radius 1 is 0.270 bits per heavy atom. The summed E-state index contributed by atoms with van der Waals surface area (Å²) < 4.78 is 0. The summed E-state index contributed by atoms with van der Waals surface area (Å²) in [4.78, 5) is 0. The Bertz CT molecular complexity index is 4260. The van der Waals surface area contributed by atoms with Crippen molar-refractivity contribution in [3.63, 3.8) is 0 Å². The van der Waals surface area contributed by atoms with Crippen molar-refractivity contribution in [1.29, 1.82) is 0 Å². The maximum absolute atomic E-state index is 2.50. The van der Waals surface area contributed by atoms with Crippen molar-refractivity contribution in [1.82, 2.24) is 0 Å². The lowest BCUT2D eigenvalue weighted by atomic mass is 9.80. The van der Waals surface area contributed by atoms with Gasteiger partial charge in [0.1, 0.15) is 0 Å². The molecule has 1 aliphatic carbocycles. The van der Waals surface area contributed by atoms with Gasteiger partial charge < -0.3 is 0 Å². The molecule has 0 aliphatic heterocycles. The maximum atomic E-state index is 2.50. The van der Waals surface area contributed by atoms with Crippen LogP contribution in [0.3, 0.4) is 0 Å². The lowest BCUT2D eigenvalue weighted by molar-refractivity contribution is 0.864. The standard InChI is InChI=1S/C63H42/c1-31(2)50-37-18-10-11-19-38(37)51(32(3)4)60-46-27-23-42-44-25-29-48-57-47(28-24-43(55(44)57)41-22-26-45(59(50)60)56(46)54(41)42)61-52(35-16-8-6-14-33(35)5)49-30-34-15-7-9-17-36(34)53-39-20-12-13-21-40(39)58(62(48)61)63(49)53/h6-32H,1-5H3. The summed E-state index contributed by atoms with van der Waals surface area (Å²) >= 11 is 0. The number of rotatable bonds is 3. The number of benzene rings is 12. The predicted octanol–water partition coefficient (Wildman–Crippen LogP) is 18.6. The van der Waals surface area contributed by atoms with Crippen LogP contribution in [-0.4, -0.2) is 0 Å². The van der Waals surface area contributed by atoms with E-state index in [0.29, 0.717) is 11.8 Å². The van der Waals surface area contributed by atoms with Crippen LogP contribution in [0, 0.1) is 6.92 Å². The largest absolute Gasteiger partial charge is 0.0620 e. The molecule has 0 N–H and O–H groups in total. The number of hydrogen-bond acceptors (Lipinski definition) is 0.